The summed E-state index contributed by atoms with van der Waals surface area (Å²) in [5, 5.41) is 0. The summed E-state index contributed by atoms with van der Waals surface area (Å²) in [6.45, 7) is 2.23. The van der Waals surface area contributed by atoms with Gasteiger partial charge in [0.25, 0.3) is 0 Å². The van der Waals surface area contributed by atoms with Crippen LogP contribution in [0.1, 0.15) is 6.42 Å². The molecule has 2 unspecified atom stereocenters. The predicted molar refractivity (Wildman–Crippen MR) is 58.6 cm³/mol. The largest absolute Gasteiger partial charge is 0.366 e. The zero-order valence-corrected chi connectivity index (χ0v) is 8.86. The van der Waals surface area contributed by atoms with E-state index in [9.17, 15) is 4.39 Å². The first-order valence-corrected chi connectivity index (χ1v) is 5.46. The van der Waals surface area contributed by atoms with E-state index in [0.29, 0.717) is 12.1 Å². The first kappa shape index (κ1) is 9.16. The van der Waals surface area contributed by atoms with E-state index in [-0.39, 0.29) is 5.82 Å². The highest BCUT2D eigenvalue weighted by atomic mass is 19.1. The molecule has 3 rings (SSSR count). The summed E-state index contributed by atoms with van der Waals surface area (Å²) in [6.07, 6.45) is 1.26. The van der Waals surface area contributed by atoms with Crippen LogP contribution in [-0.4, -0.2) is 37.1 Å². The maximum absolute atomic E-state index is 12.8. The van der Waals surface area contributed by atoms with Gasteiger partial charge >= 0.3 is 0 Å². The smallest absolute Gasteiger partial charge is 0.123 e. The molecule has 2 bridgehead atoms. The van der Waals surface area contributed by atoms with Crippen molar-refractivity contribution in [3.8, 4) is 0 Å². The van der Waals surface area contributed by atoms with Crippen LogP contribution >= 0.6 is 0 Å². The van der Waals surface area contributed by atoms with Gasteiger partial charge in [0.1, 0.15) is 5.82 Å². The average molecular weight is 206 g/mol. The molecule has 15 heavy (non-hydrogen) atoms. The maximum Gasteiger partial charge on any atom is 0.123 e. The van der Waals surface area contributed by atoms with Crippen molar-refractivity contribution in [2.24, 2.45) is 0 Å². The van der Waals surface area contributed by atoms with E-state index in [1.807, 2.05) is 12.1 Å². The second-order valence-electron chi connectivity index (χ2n) is 4.61. The molecule has 2 saturated heterocycles. The minimum absolute atomic E-state index is 0.153. The Hall–Kier alpha value is -1.09. The van der Waals surface area contributed by atoms with E-state index >= 15 is 0 Å². The van der Waals surface area contributed by atoms with Crippen LogP contribution in [-0.2, 0) is 0 Å². The highest BCUT2D eigenvalue weighted by Gasteiger charge is 2.41. The van der Waals surface area contributed by atoms with Gasteiger partial charge in [-0.3, -0.25) is 4.90 Å². The third-order valence-corrected chi connectivity index (χ3v) is 3.67. The molecule has 3 heteroatoms. The van der Waals surface area contributed by atoms with Gasteiger partial charge in [0.15, 0.2) is 0 Å². The Bertz CT molecular complexity index is 360. The Morgan fingerprint density at radius 2 is 1.87 bits per heavy atom. The maximum atomic E-state index is 12.8. The van der Waals surface area contributed by atoms with Gasteiger partial charge in [-0.2, -0.15) is 0 Å². The summed E-state index contributed by atoms with van der Waals surface area (Å²) >= 11 is 0. The van der Waals surface area contributed by atoms with Gasteiger partial charge in [0, 0.05) is 30.9 Å². The lowest BCUT2D eigenvalue weighted by Crippen LogP contribution is -2.44. The minimum Gasteiger partial charge on any atom is -0.366 e. The molecule has 2 heterocycles. The second kappa shape index (κ2) is 3.20. The number of likely N-dealkylation sites (tertiary alicyclic amines) is 1. The van der Waals surface area contributed by atoms with E-state index < -0.39 is 0 Å². The summed E-state index contributed by atoms with van der Waals surface area (Å²) in [6, 6.07) is 8.19. The standard InChI is InChI=1S/C12H15FN2/c1-14-7-12-6-11(14)8-15(12)10-4-2-9(13)3-5-10/h2-5,11-12H,6-8H2,1H3. The van der Waals surface area contributed by atoms with Crippen molar-refractivity contribution < 1.29 is 4.39 Å². The van der Waals surface area contributed by atoms with Crippen molar-refractivity contribution in [2.45, 2.75) is 18.5 Å². The Labute approximate surface area is 89.3 Å². The summed E-state index contributed by atoms with van der Waals surface area (Å²) < 4.78 is 12.8. The monoisotopic (exact) mass is 206 g/mol. The Morgan fingerprint density at radius 3 is 2.40 bits per heavy atom. The highest BCUT2D eigenvalue weighted by molar-refractivity contribution is 5.49. The van der Waals surface area contributed by atoms with Gasteiger partial charge in [-0.25, -0.2) is 4.39 Å². The van der Waals surface area contributed by atoms with Gasteiger partial charge in [0.2, 0.25) is 0 Å². The van der Waals surface area contributed by atoms with E-state index in [1.165, 1.54) is 6.42 Å². The van der Waals surface area contributed by atoms with E-state index in [4.69, 9.17) is 0 Å². The SMILES string of the molecule is CN1CC2CC1CN2c1ccc(F)cc1. The fraction of sp³-hybridized carbons (Fsp3) is 0.500. The van der Waals surface area contributed by atoms with Crippen LogP contribution in [0.2, 0.25) is 0 Å². The number of rotatable bonds is 1. The molecule has 0 amide bonds. The highest BCUT2D eigenvalue weighted by Crippen LogP contribution is 2.33. The van der Waals surface area contributed by atoms with Gasteiger partial charge in [0.05, 0.1) is 0 Å². The number of fused-ring (bicyclic) bond motifs is 2. The molecule has 2 aliphatic heterocycles. The number of likely N-dealkylation sites (N-methyl/N-ethyl adjacent to an activating group) is 1. The topological polar surface area (TPSA) is 6.48 Å². The molecular weight excluding hydrogens is 191 g/mol. The molecule has 1 aromatic carbocycles. The molecule has 2 aliphatic rings. The molecule has 2 fully saturated rings. The third kappa shape index (κ3) is 1.42. The van der Waals surface area contributed by atoms with E-state index in [0.717, 1.165) is 18.8 Å². The van der Waals surface area contributed by atoms with Crippen molar-refractivity contribution >= 4 is 5.69 Å². The number of benzene rings is 1. The number of hydrogen-bond acceptors (Lipinski definition) is 2. The Balaban J connectivity index is 1.83. The number of nitrogens with zero attached hydrogens (tertiary/aromatic N) is 2. The zero-order valence-electron chi connectivity index (χ0n) is 8.86. The van der Waals surface area contributed by atoms with E-state index in [1.54, 1.807) is 12.1 Å². The molecule has 1 aromatic rings. The lowest BCUT2D eigenvalue weighted by Gasteiger charge is -2.33. The molecular formula is C12H15FN2. The molecule has 0 aromatic heterocycles. The molecule has 2 nitrogen and oxygen atoms in total. The second-order valence-corrected chi connectivity index (χ2v) is 4.61. The fourth-order valence-corrected chi connectivity index (χ4v) is 2.81. The molecule has 0 aliphatic carbocycles. The van der Waals surface area contributed by atoms with Gasteiger partial charge in [-0.1, -0.05) is 0 Å². The molecule has 0 spiro atoms. The summed E-state index contributed by atoms with van der Waals surface area (Å²) in [5.74, 6) is -0.153. The Kier molecular flexibility index (Phi) is 1.96. The first-order valence-electron chi connectivity index (χ1n) is 5.46. The van der Waals surface area contributed by atoms with Crippen LogP contribution in [0.5, 0.6) is 0 Å². The predicted octanol–water partition coefficient (Wildman–Crippen LogP) is 1.72. The first-order chi connectivity index (χ1) is 7.24. The molecule has 0 radical (unpaired) electrons. The minimum atomic E-state index is -0.153. The summed E-state index contributed by atoms with van der Waals surface area (Å²) in [4.78, 5) is 4.83. The van der Waals surface area contributed by atoms with Crippen LogP contribution in [0, 0.1) is 5.82 Å². The van der Waals surface area contributed by atoms with E-state index in [2.05, 4.69) is 16.8 Å². The fourth-order valence-electron chi connectivity index (χ4n) is 2.81. The van der Waals surface area contributed by atoms with Crippen molar-refractivity contribution in [3.63, 3.8) is 0 Å². The number of hydrogen-bond donors (Lipinski definition) is 0. The average Bonchev–Trinajstić information content (AvgIpc) is 2.77. The summed E-state index contributed by atoms with van der Waals surface area (Å²) in [5.41, 5.74) is 1.16. The number of piperazine rings is 1. The van der Waals surface area contributed by atoms with Crippen LogP contribution < -0.4 is 4.90 Å². The third-order valence-electron chi connectivity index (χ3n) is 3.67. The van der Waals surface area contributed by atoms with Crippen molar-refractivity contribution in [1.29, 1.82) is 0 Å². The zero-order chi connectivity index (χ0) is 10.4. The lowest BCUT2D eigenvalue weighted by molar-refractivity contribution is 0.292. The van der Waals surface area contributed by atoms with Gasteiger partial charge in [-0.05, 0) is 37.7 Å². The van der Waals surface area contributed by atoms with Crippen molar-refractivity contribution in [3.05, 3.63) is 30.1 Å². The number of anilines is 1. The number of halogens is 1. The lowest BCUT2D eigenvalue weighted by atomic mass is 10.2. The molecule has 80 valence electrons. The van der Waals surface area contributed by atoms with Crippen molar-refractivity contribution in [2.75, 3.05) is 25.0 Å². The molecule has 2 atom stereocenters. The van der Waals surface area contributed by atoms with Crippen LogP contribution in [0.3, 0.4) is 0 Å². The molecule has 0 N–H and O–H groups in total. The Morgan fingerprint density at radius 1 is 1.13 bits per heavy atom. The van der Waals surface area contributed by atoms with Gasteiger partial charge < -0.3 is 4.90 Å². The van der Waals surface area contributed by atoms with Crippen LogP contribution in [0.25, 0.3) is 0 Å². The van der Waals surface area contributed by atoms with Crippen LogP contribution in [0.4, 0.5) is 10.1 Å². The van der Waals surface area contributed by atoms with Crippen LogP contribution in [0.15, 0.2) is 24.3 Å². The van der Waals surface area contributed by atoms with Gasteiger partial charge in [-0.15, -0.1) is 0 Å². The summed E-state index contributed by atoms with van der Waals surface area (Å²) in [7, 11) is 2.19. The quantitative estimate of drug-likeness (QED) is 0.690. The normalized spacial score (nSPS) is 30.1. The van der Waals surface area contributed by atoms with Crippen molar-refractivity contribution in [1.82, 2.24) is 4.90 Å². The molecule has 0 saturated carbocycles.